The number of esters is 1. The zero-order valence-corrected chi connectivity index (χ0v) is 15.2. The molecule has 1 aliphatic rings. The second kappa shape index (κ2) is 7.72. The van der Waals surface area contributed by atoms with E-state index >= 15 is 0 Å². The van der Waals surface area contributed by atoms with Crippen molar-refractivity contribution in [2.24, 2.45) is 0 Å². The third kappa shape index (κ3) is 3.79. The van der Waals surface area contributed by atoms with Gasteiger partial charge in [0.2, 0.25) is 5.56 Å². The zero-order chi connectivity index (χ0) is 18.7. The monoisotopic (exact) mass is 356 g/mol. The first-order chi connectivity index (χ1) is 12.5. The lowest BCUT2D eigenvalue weighted by Crippen LogP contribution is -2.45. The number of aromatic nitrogens is 1. The number of para-hydroxylation sites is 1. The molecule has 0 saturated heterocycles. The van der Waals surface area contributed by atoms with Gasteiger partial charge >= 0.3 is 5.97 Å². The number of hydrogen-bond acceptors (Lipinski definition) is 4. The molecule has 26 heavy (non-hydrogen) atoms. The Kier molecular flexibility index (Phi) is 5.40. The maximum atomic E-state index is 12.6. The summed E-state index contributed by atoms with van der Waals surface area (Å²) in [5, 5.41) is 0.598. The number of rotatable bonds is 5. The molecule has 0 bridgehead atoms. The van der Waals surface area contributed by atoms with Gasteiger partial charge in [-0.3, -0.25) is 9.59 Å². The molecule has 1 fully saturated rings. The number of nitrogens with one attached hydrogen (secondary N) is 1. The molecule has 1 N–H and O–H groups in total. The minimum atomic E-state index is -0.657. The Balaban J connectivity index is 1.74. The Bertz CT molecular complexity index is 865. The van der Waals surface area contributed by atoms with E-state index in [1.807, 2.05) is 18.7 Å². The normalized spacial score (nSPS) is 14.7. The van der Waals surface area contributed by atoms with Crippen molar-refractivity contribution in [1.29, 1.82) is 0 Å². The third-order valence-electron chi connectivity index (χ3n) is 4.86. The molecule has 1 aromatic carbocycles. The molecule has 6 nitrogen and oxygen atoms in total. The summed E-state index contributed by atoms with van der Waals surface area (Å²) < 4.78 is 5.26. The van der Waals surface area contributed by atoms with E-state index in [1.54, 1.807) is 24.3 Å². The van der Waals surface area contributed by atoms with Gasteiger partial charge in [0.25, 0.3) is 5.91 Å². The maximum absolute atomic E-state index is 12.6. The van der Waals surface area contributed by atoms with Crippen molar-refractivity contribution in [1.82, 2.24) is 9.88 Å². The lowest BCUT2D eigenvalue weighted by molar-refractivity contribution is -0.138. The lowest BCUT2D eigenvalue weighted by atomic mass is 10.1. The molecule has 3 rings (SSSR count). The molecule has 1 aromatic heterocycles. The fraction of sp³-hybridized carbons (Fsp3) is 0.450. The van der Waals surface area contributed by atoms with Gasteiger partial charge in [-0.15, -0.1) is 0 Å². The second-order valence-corrected chi connectivity index (χ2v) is 7.00. The van der Waals surface area contributed by atoms with E-state index in [4.69, 9.17) is 4.74 Å². The minimum absolute atomic E-state index is 0.0599. The first-order valence-corrected chi connectivity index (χ1v) is 9.07. The van der Waals surface area contributed by atoms with Gasteiger partial charge in [0.15, 0.2) is 6.61 Å². The number of fused-ring (bicyclic) bond motifs is 1. The number of benzene rings is 1. The van der Waals surface area contributed by atoms with Gasteiger partial charge in [0, 0.05) is 29.1 Å². The van der Waals surface area contributed by atoms with Gasteiger partial charge in [0.1, 0.15) is 0 Å². The summed E-state index contributed by atoms with van der Waals surface area (Å²) in [4.78, 5) is 41.4. The van der Waals surface area contributed by atoms with Gasteiger partial charge in [-0.2, -0.15) is 0 Å². The van der Waals surface area contributed by atoms with Gasteiger partial charge in [-0.05, 0) is 32.8 Å². The molecule has 1 amide bonds. The highest BCUT2D eigenvalue weighted by molar-refractivity contribution is 6.03. The lowest BCUT2D eigenvalue weighted by Gasteiger charge is -2.32. The molecule has 1 heterocycles. The Labute approximate surface area is 152 Å². The molecule has 138 valence electrons. The smallest absolute Gasteiger partial charge is 0.339 e. The van der Waals surface area contributed by atoms with Crippen molar-refractivity contribution >= 4 is 22.8 Å². The van der Waals surface area contributed by atoms with E-state index in [0.29, 0.717) is 10.9 Å². The zero-order valence-electron chi connectivity index (χ0n) is 15.2. The number of aromatic amines is 1. The molecule has 0 spiro atoms. The summed E-state index contributed by atoms with van der Waals surface area (Å²) in [5.41, 5.74) is 0.360. The van der Waals surface area contributed by atoms with Gasteiger partial charge in [-0.1, -0.05) is 31.0 Å². The van der Waals surface area contributed by atoms with Crippen molar-refractivity contribution in [3.8, 4) is 0 Å². The number of H-pyrrole nitrogens is 1. The number of pyridine rings is 1. The van der Waals surface area contributed by atoms with Crippen LogP contribution in [0.4, 0.5) is 0 Å². The van der Waals surface area contributed by atoms with Crippen molar-refractivity contribution < 1.29 is 14.3 Å². The van der Waals surface area contributed by atoms with Crippen LogP contribution in [0.2, 0.25) is 0 Å². The van der Waals surface area contributed by atoms with Crippen molar-refractivity contribution in [2.75, 3.05) is 6.61 Å². The minimum Gasteiger partial charge on any atom is -0.452 e. The molecule has 0 aliphatic heterocycles. The number of nitrogens with zero attached hydrogens (tertiary/aromatic N) is 1. The van der Waals surface area contributed by atoms with Gasteiger partial charge in [-0.25, -0.2) is 4.79 Å². The van der Waals surface area contributed by atoms with Crippen LogP contribution in [0.5, 0.6) is 0 Å². The summed E-state index contributed by atoms with van der Waals surface area (Å²) in [7, 11) is 0. The molecule has 6 heteroatoms. The van der Waals surface area contributed by atoms with E-state index in [2.05, 4.69) is 4.98 Å². The molecular formula is C20H24N2O4. The average Bonchev–Trinajstić information content (AvgIpc) is 3.12. The summed E-state index contributed by atoms with van der Waals surface area (Å²) in [6, 6.07) is 8.52. The number of carbonyl (C=O) groups excluding carboxylic acids is 2. The van der Waals surface area contributed by atoms with Crippen LogP contribution in [0.25, 0.3) is 10.9 Å². The number of carbonyl (C=O) groups is 2. The summed E-state index contributed by atoms with van der Waals surface area (Å²) in [5.74, 6) is -0.842. The van der Waals surface area contributed by atoms with Crippen LogP contribution in [0.15, 0.2) is 35.1 Å². The summed E-state index contributed by atoms with van der Waals surface area (Å²) >= 11 is 0. The first-order valence-electron chi connectivity index (χ1n) is 9.07. The van der Waals surface area contributed by atoms with Crippen molar-refractivity contribution in [3.05, 3.63) is 46.2 Å². The van der Waals surface area contributed by atoms with E-state index < -0.39 is 5.97 Å². The standard InChI is InChI=1S/C20H24N2O4/c1-13(2)22(14-7-3-4-8-14)19(24)12-26-20(25)16-11-18(23)21-17-10-6-5-9-15(16)17/h5-6,9-11,13-14H,3-4,7-8,12H2,1-2H3,(H,21,23). The molecule has 0 atom stereocenters. The van der Waals surface area contributed by atoms with Crippen LogP contribution >= 0.6 is 0 Å². The molecule has 1 saturated carbocycles. The van der Waals surface area contributed by atoms with E-state index in [9.17, 15) is 14.4 Å². The highest BCUT2D eigenvalue weighted by Crippen LogP contribution is 2.25. The topological polar surface area (TPSA) is 79.5 Å². The fourth-order valence-corrected chi connectivity index (χ4v) is 3.75. The van der Waals surface area contributed by atoms with Crippen LogP contribution in [-0.4, -0.2) is 40.5 Å². The van der Waals surface area contributed by atoms with Gasteiger partial charge < -0.3 is 14.6 Å². The molecule has 0 unspecified atom stereocenters. The summed E-state index contributed by atoms with van der Waals surface area (Å²) in [6.07, 6.45) is 4.24. The summed E-state index contributed by atoms with van der Waals surface area (Å²) in [6.45, 7) is 3.64. The molecular weight excluding hydrogens is 332 g/mol. The van der Waals surface area contributed by atoms with Gasteiger partial charge in [0.05, 0.1) is 5.56 Å². The highest BCUT2D eigenvalue weighted by atomic mass is 16.5. The van der Waals surface area contributed by atoms with E-state index in [1.165, 1.54) is 6.07 Å². The van der Waals surface area contributed by atoms with Crippen LogP contribution in [-0.2, 0) is 9.53 Å². The second-order valence-electron chi connectivity index (χ2n) is 7.00. The first kappa shape index (κ1) is 18.2. The number of ether oxygens (including phenoxy) is 1. The SMILES string of the molecule is CC(C)N(C(=O)COC(=O)c1cc(=O)[nH]c2ccccc12)C1CCCC1. The largest absolute Gasteiger partial charge is 0.452 e. The Morgan fingerprint density at radius 2 is 1.92 bits per heavy atom. The molecule has 0 radical (unpaired) electrons. The molecule has 1 aliphatic carbocycles. The van der Waals surface area contributed by atoms with E-state index in [0.717, 1.165) is 25.7 Å². The number of hydrogen-bond donors (Lipinski definition) is 1. The fourth-order valence-electron chi connectivity index (χ4n) is 3.75. The predicted molar refractivity (Wildman–Crippen MR) is 99.1 cm³/mol. The van der Waals surface area contributed by atoms with Crippen LogP contribution in [0.3, 0.4) is 0 Å². The number of amides is 1. The van der Waals surface area contributed by atoms with Crippen LogP contribution < -0.4 is 5.56 Å². The quantitative estimate of drug-likeness (QED) is 0.836. The predicted octanol–water partition coefficient (Wildman–Crippen LogP) is 2.86. The Hall–Kier alpha value is -2.63. The van der Waals surface area contributed by atoms with Crippen LogP contribution in [0.1, 0.15) is 49.9 Å². The Morgan fingerprint density at radius 1 is 1.23 bits per heavy atom. The average molecular weight is 356 g/mol. The van der Waals surface area contributed by atoms with E-state index in [-0.39, 0.29) is 35.7 Å². The van der Waals surface area contributed by atoms with Crippen LogP contribution in [0, 0.1) is 0 Å². The highest BCUT2D eigenvalue weighted by Gasteiger charge is 2.29. The maximum Gasteiger partial charge on any atom is 0.339 e. The van der Waals surface area contributed by atoms with Crippen molar-refractivity contribution in [3.63, 3.8) is 0 Å². The third-order valence-corrected chi connectivity index (χ3v) is 4.86. The Morgan fingerprint density at radius 3 is 2.62 bits per heavy atom. The van der Waals surface area contributed by atoms with Crippen molar-refractivity contribution in [2.45, 2.75) is 51.6 Å². The molecule has 2 aromatic rings.